The summed E-state index contributed by atoms with van der Waals surface area (Å²) in [7, 11) is 1.86. The van der Waals surface area contributed by atoms with Crippen LogP contribution in [0.25, 0.3) is 0 Å². The summed E-state index contributed by atoms with van der Waals surface area (Å²) in [6.07, 6.45) is 0. The second-order valence-corrected chi connectivity index (χ2v) is 5.31. The summed E-state index contributed by atoms with van der Waals surface area (Å²) in [5.74, 6) is 0.647. The standard InChI is InChI=1S/C15H16Cl2N2O/c1-10-4-3-5-13(19-10)9-20-15-11(8-18-2)6-12(16)7-14(15)17/h3-7,18H,8-9H2,1-2H3. The molecule has 20 heavy (non-hydrogen) atoms. The van der Waals surface area contributed by atoms with Crippen molar-refractivity contribution < 1.29 is 4.74 Å². The van der Waals surface area contributed by atoms with E-state index in [4.69, 9.17) is 27.9 Å². The maximum atomic E-state index is 6.21. The van der Waals surface area contributed by atoms with Gasteiger partial charge in [0.25, 0.3) is 0 Å². The summed E-state index contributed by atoms with van der Waals surface area (Å²) in [5.41, 5.74) is 2.76. The molecule has 0 saturated heterocycles. The molecule has 0 aliphatic carbocycles. The molecule has 0 radical (unpaired) electrons. The van der Waals surface area contributed by atoms with Gasteiger partial charge in [0, 0.05) is 22.8 Å². The van der Waals surface area contributed by atoms with Crippen molar-refractivity contribution in [2.24, 2.45) is 0 Å². The Balaban J connectivity index is 2.20. The van der Waals surface area contributed by atoms with Crippen LogP contribution in [0, 0.1) is 6.92 Å². The van der Waals surface area contributed by atoms with Crippen molar-refractivity contribution in [1.29, 1.82) is 0 Å². The first-order valence-corrected chi connectivity index (χ1v) is 7.03. The number of rotatable bonds is 5. The molecule has 0 amide bonds. The molecule has 1 N–H and O–H groups in total. The third kappa shape index (κ3) is 3.85. The minimum absolute atomic E-state index is 0.375. The maximum Gasteiger partial charge on any atom is 0.143 e. The molecule has 2 rings (SSSR count). The second kappa shape index (κ2) is 6.93. The van der Waals surface area contributed by atoms with Gasteiger partial charge in [-0.15, -0.1) is 0 Å². The van der Waals surface area contributed by atoms with Gasteiger partial charge < -0.3 is 10.1 Å². The molecule has 3 nitrogen and oxygen atoms in total. The van der Waals surface area contributed by atoms with Crippen LogP contribution in [-0.4, -0.2) is 12.0 Å². The zero-order chi connectivity index (χ0) is 14.5. The largest absolute Gasteiger partial charge is 0.485 e. The first-order chi connectivity index (χ1) is 9.60. The zero-order valence-corrected chi connectivity index (χ0v) is 12.9. The van der Waals surface area contributed by atoms with Crippen LogP contribution in [0.3, 0.4) is 0 Å². The van der Waals surface area contributed by atoms with Crippen LogP contribution in [0.2, 0.25) is 10.0 Å². The summed E-state index contributed by atoms with van der Waals surface area (Å²) < 4.78 is 5.82. The van der Waals surface area contributed by atoms with E-state index in [1.807, 2.05) is 38.2 Å². The van der Waals surface area contributed by atoms with Gasteiger partial charge in [-0.1, -0.05) is 29.3 Å². The van der Waals surface area contributed by atoms with Gasteiger partial charge in [-0.05, 0) is 38.2 Å². The molecule has 1 heterocycles. The van der Waals surface area contributed by atoms with E-state index in [1.165, 1.54) is 0 Å². The number of benzene rings is 1. The van der Waals surface area contributed by atoms with Crippen LogP contribution < -0.4 is 10.1 Å². The predicted molar refractivity (Wildman–Crippen MR) is 82.5 cm³/mol. The monoisotopic (exact) mass is 310 g/mol. The molecule has 0 aliphatic rings. The lowest BCUT2D eigenvalue weighted by Crippen LogP contribution is -2.08. The Morgan fingerprint density at radius 2 is 2.05 bits per heavy atom. The van der Waals surface area contributed by atoms with Crippen molar-refractivity contribution in [3.63, 3.8) is 0 Å². The van der Waals surface area contributed by atoms with Crippen molar-refractivity contribution >= 4 is 23.2 Å². The van der Waals surface area contributed by atoms with Gasteiger partial charge in [-0.2, -0.15) is 0 Å². The maximum absolute atomic E-state index is 6.21. The molecule has 0 unspecified atom stereocenters. The highest BCUT2D eigenvalue weighted by Crippen LogP contribution is 2.32. The lowest BCUT2D eigenvalue weighted by Gasteiger charge is -2.13. The lowest BCUT2D eigenvalue weighted by atomic mass is 10.2. The molecule has 0 aliphatic heterocycles. The molecule has 5 heteroatoms. The van der Waals surface area contributed by atoms with E-state index in [-0.39, 0.29) is 0 Å². The number of ether oxygens (including phenoxy) is 1. The van der Waals surface area contributed by atoms with Gasteiger partial charge >= 0.3 is 0 Å². The Labute approximate surface area is 128 Å². The number of nitrogens with one attached hydrogen (secondary N) is 1. The fraction of sp³-hybridized carbons (Fsp3) is 0.267. The highest BCUT2D eigenvalue weighted by atomic mass is 35.5. The number of hydrogen-bond acceptors (Lipinski definition) is 3. The van der Waals surface area contributed by atoms with Crippen molar-refractivity contribution in [2.75, 3.05) is 7.05 Å². The van der Waals surface area contributed by atoms with E-state index in [0.717, 1.165) is 17.0 Å². The van der Waals surface area contributed by atoms with Crippen LogP contribution in [0.5, 0.6) is 5.75 Å². The Morgan fingerprint density at radius 1 is 1.25 bits per heavy atom. The third-order valence-corrected chi connectivity index (χ3v) is 3.26. The topological polar surface area (TPSA) is 34.1 Å². The molecule has 2 aromatic rings. The van der Waals surface area contributed by atoms with Gasteiger partial charge in [-0.25, -0.2) is 0 Å². The van der Waals surface area contributed by atoms with Crippen LogP contribution in [0.4, 0.5) is 0 Å². The minimum Gasteiger partial charge on any atom is -0.485 e. The van der Waals surface area contributed by atoms with Crippen molar-refractivity contribution in [2.45, 2.75) is 20.1 Å². The van der Waals surface area contributed by atoms with Gasteiger partial charge in [0.2, 0.25) is 0 Å². The predicted octanol–water partition coefficient (Wildman–Crippen LogP) is 4.00. The summed E-state index contributed by atoms with van der Waals surface area (Å²) >= 11 is 12.2. The molecule has 1 aromatic heterocycles. The van der Waals surface area contributed by atoms with Gasteiger partial charge in [-0.3, -0.25) is 4.98 Å². The van der Waals surface area contributed by atoms with E-state index in [0.29, 0.717) is 28.9 Å². The number of aromatic nitrogens is 1. The molecule has 106 valence electrons. The van der Waals surface area contributed by atoms with E-state index < -0.39 is 0 Å². The third-order valence-electron chi connectivity index (χ3n) is 2.76. The van der Waals surface area contributed by atoms with E-state index >= 15 is 0 Å². The first-order valence-electron chi connectivity index (χ1n) is 6.28. The molecule has 0 bridgehead atoms. The fourth-order valence-electron chi connectivity index (χ4n) is 1.92. The molecular weight excluding hydrogens is 295 g/mol. The summed E-state index contributed by atoms with van der Waals surface area (Å²) in [6.45, 7) is 2.96. The molecule has 0 atom stereocenters. The molecule has 0 saturated carbocycles. The van der Waals surface area contributed by atoms with E-state index in [2.05, 4.69) is 10.3 Å². The average Bonchev–Trinajstić information content (AvgIpc) is 2.38. The summed E-state index contributed by atoms with van der Waals surface area (Å²) in [4.78, 5) is 4.40. The lowest BCUT2D eigenvalue weighted by molar-refractivity contribution is 0.297. The normalized spacial score (nSPS) is 10.6. The molecule has 0 fully saturated rings. The van der Waals surface area contributed by atoms with Crippen LogP contribution in [0.1, 0.15) is 17.0 Å². The van der Waals surface area contributed by atoms with Crippen molar-refractivity contribution in [3.05, 3.63) is 57.3 Å². The minimum atomic E-state index is 0.375. The number of pyridine rings is 1. The molecule has 0 spiro atoms. The molecular formula is C15H16Cl2N2O. The van der Waals surface area contributed by atoms with Crippen LogP contribution >= 0.6 is 23.2 Å². The van der Waals surface area contributed by atoms with Crippen LogP contribution in [-0.2, 0) is 13.2 Å². The second-order valence-electron chi connectivity index (χ2n) is 4.47. The highest BCUT2D eigenvalue weighted by Gasteiger charge is 2.11. The van der Waals surface area contributed by atoms with Gasteiger partial charge in [0.1, 0.15) is 12.4 Å². The average molecular weight is 311 g/mol. The summed E-state index contributed by atoms with van der Waals surface area (Å²) in [5, 5.41) is 4.18. The quantitative estimate of drug-likeness (QED) is 0.906. The van der Waals surface area contributed by atoms with Crippen molar-refractivity contribution in [1.82, 2.24) is 10.3 Å². The SMILES string of the molecule is CNCc1cc(Cl)cc(Cl)c1OCc1cccc(C)n1. The Hall–Kier alpha value is -1.29. The zero-order valence-electron chi connectivity index (χ0n) is 11.4. The molecule has 1 aromatic carbocycles. The van der Waals surface area contributed by atoms with Gasteiger partial charge in [0.05, 0.1) is 10.7 Å². The number of hydrogen-bond donors (Lipinski definition) is 1. The van der Waals surface area contributed by atoms with Crippen LogP contribution in [0.15, 0.2) is 30.3 Å². The van der Waals surface area contributed by atoms with Crippen molar-refractivity contribution in [3.8, 4) is 5.75 Å². The summed E-state index contributed by atoms with van der Waals surface area (Å²) in [6, 6.07) is 9.36. The van der Waals surface area contributed by atoms with E-state index in [9.17, 15) is 0 Å². The van der Waals surface area contributed by atoms with Gasteiger partial charge in [0.15, 0.2) is 0 Å². The first kappa shape index (κ1) is 15.1. The number of halogens is 2. The fourth-order valence-corrected chi connectivity index (χ4v) is 2.51. The Kier molecular flexibility index (Phi) is 5.24. The van der Waals surface area contributed by atoms with E-state index in [1.54, 1.807) is 6.07 Å². The number of aryl methyl sites for hydroxylation is 1. The number of nitrogens with zero attached hydrogens (tertiary/aromatic N) is 1. The highest BCUT2D eigenvalue weighted by molar-refractivity contribution is 6.35. The smallest absolute Gasteiger partial charge is 0.143 e. The Morgan fingerprint density at radius 3 is 2.75 bits per heavy atom. The Bertz CT molecular complexity index is 602.